The maximum atomic E-state index is 13.6. The third-order valence-electron chi connectivity index (χ3n) is 6.11. The summed E-state index contributed by atoms with van der Waals surface area (Å²) >= 11 is 9.46. The van der Waals surface area contributed by atoms with Crippen molar-refractivity contribution in [3.63, 3.8) is 0 Å². The highest BCUT2D eigenvalue weighted by atomic mass is 79.9. The number of amides is 2. The monoisotopic (exact) mass is 537 g/mol. The molecule has 2 N–H and O–H groups in total. The van der Waals surface area contributed by atoms with Crippen LogP contribution in [0, 0.1) is 5.92 Å². The van der Waals surface area contributed by atoms with E-state index in [0.717, 1.165) is 4.47 Å². The summed E-state index contributed by atoms with van der Waals surface area (Å²) < 4.78 is 0.897. The minimum atomic E-state index is -0.946. The second-order valence-electron chi connectivity index (χ2n) is 8.22. The molecule has 172 valence electrons. The fraction of sp³-hybridized carbons (Fsp3) is 0.154. The van der Waals surface area contributed by atoms with Crippen molar-refractivity contribution in [2.45, 2.75) is 18.2 Å². The van der Waals surface area contributed by atoms with E-state index in [1.165, 1.54) is 4.90 Å². The number of nitrogens with one attached hydrogen (secondary N) is 1. The summed E-state index contributed by atoms with van der Waals surface area (Å²) in [6.45, 7) is 0. The van der Waals surface area contributed by atoms with Crippen molar-refractivity contribution in [3.05, 3.63) is 106 Å². The Hall–Kier alpha value is -2.97. The van der Waals surface area contributed by atoms with Crippen LogP contribution in [-0.2, 0) is 9.59 Å². The van der Waals surface area contributed by atoms with Gasteiger partial charge in [-0.25, -0.2) is 9.91 Å². The highest BCUT2D eigenvalue weighted by molar-refractivity contribution is 9.10. The van der Waals surface area contributed by atoms with E-state index < -0.39 is 24.1 Å². The van der Waals surface area contributed by atoms with E-state index >= 15 is 0 Å². The minimum Gasteiger partial charge on any atom is -0.386 e. The molecule has 4 atom stereocenters. The van der Waals surface area contributed by atoms with Crippen LogP contribution < -0.4 is 10.3 Å². The van der Waals surface area contributed by atoms with Gasteiger partial charge in [0.15, 0.2) is 0 Å². The Morgan fingerprint density at radius 2 is 1.56 bits per heavy atom. The standard InChI is InChI=1S/C26H21BrClN3O3/c27-17-8-6-16(7-9-17)24(32)22-15-14-21-23(31(22)29-19-12-10-18(28)11-13-19)26(34)30(25(21)33)20-4-2-1-3-5-20/h1-15,21-24,29,32H/t21-,22?,23+,24?/m1/s1. The zero-order valence-corrected chi connectivity index (χ0v) is 20.2. The maximum Gasteiger partial charge on any atom is 0.254 e. The zero-order valence-electron chi connectivity index (χ0n) is 17.9. The second kappa shape index (κ2) is 9.35. The molecule has 2 aliphatic rings. The number of para-hydroxylation sites is 1. The van der Waals surface area contributed by atoms with Gasteiger partial charge in [0.2, 0.25) is 5.91 Å². The van der Waals surface area contributed by atoms with Crippen LogP contribution in [0.1, 0.15) is 11.7 Å². The number of benzene rings is 3. The molecular weight excluding hydrogens is 518 g/mol. The fourth-order valence-corrected chi connectivity index (χ4v) is 4.82. The molecule has 34 heavy (non-hydrogen) atoms. The van der Waals surface area contributed by atoms with E-state index in [1.54, 1.807) is 65.7 Å². The molecule has 0 radical (unpaired) electrons. The van der Waals surface area contributed by atoms with Crippen LogP contribution in [0.3, 0.4) is 0 Å². The Morgan fingerprint density at radius 3 is 2.24 bits per heavy atom. The van der Waals surface area contributed by atoms with Gasteiger partial charge in [-0.3, -0.25) is 9.59 Å². The molecule has 2 unspecified atom stereocenters. The number of rotatable bonds is 5. The summed E-state index contributed by atoms with van der Waals surface area (Å²) in [5.41, 5.74) is 5.17. The third kappa shape index (κ3) is 4.16. The highest BCUT2D eigenvalue weighted by Crippen LogP contribution is 2.38. The number of hydrogen-bond donors (Lipinski definition) is 2. The van der Waals surface area contributed by atoms with Gasteiger partial charge in [0.05, 0.1) is 23.8 Å². The second-order valence-corrected chi connectivity index (χ2v) is 9.57. The Balaban J connectivity index is 1.54. The quantitative estimate of drug-likeness (QED) is 0.355. The first-order chi connectivity index (χ1) is 16.4. The molecule has 8 heteroatoms. The van der Waals surface area contributed by atoms with Crippen molar-refractivity contribution in [1.82, 2.24) is 5.01 Å². The molecule has 3 aromatic carbocycles. The lowest BCUT2D eigenvalue weighted by Crippen LogP contribution is -2.55. The molecule has 1 fully saturated rings. The van der Waals surface area contributed by atoms with Crippen molar-refractivity contribution in [2.75, 3.05) is 10.3 Å². The largest absolute Gasteiger partial charge is 0.386 e. The van der Waals surface area contributed by atoms with Gasteiger partial charge in [-0.1, -0.05) is 70.0 Å². The lowest BCUT2D eigenvalue weighted by atomic mass is 9.90. The SMILES string of the molecule is O=C1[C@@H]2[C@@H](C=CC(C(O)c3ccc(Br)cc3)N2Nc2ccc(Cl)cc2)C(=O)N1c1ccccc1. The van der Waals surface area contributed by atoms with Crippen LogP contribution in [0.2, 0.25) is 5.02 Å². The number of hydrogen-bond acceptors (Lipinski definition) is 5. The number of halogens is 2. The maximum absolute atomic E-state index is 13.6. The van der Waals surface area contributed by atoms with Gasteiger partial charge in [0.1, 0.15) is 6.04 Å². The normalized spacial score (nSPS) is 23.1. The number of aliphatic hydroxyl groups excluding tert-OH is 1. The number of fused-ring (bicyclic) bond motifs is 1. The number of aliphatic hydroxyl groups is 1. The van der Waals surface area contributed by atoms with E-state index in [0.29, 0.717) is 22.0 Å². The van der Waals surface area contributed by atoms with Crippen LogP contribution in [0.5, 0.6) is 0 Å². The van der Waals surface area contributed by atoms with Crippen LogP contribution in [-0.4, -0.2) is 34.0 Å². The fourth-order valence-electron chi connectivity index (χ4n) is 4.43. The highest BCUT2D eigenvalue weighted by Gasteiger charge is 2.54. The molecule has 3 aromatic rings. The van der Waals surface area contributed by atoms with Crippen LogP contribution in [0.4, 0.5) is 11.4 Å². The first-order valence-corrected chi connectivity index (χ1v) is 12.0. The molecule has 2 heterocycles. The number of nitrogens with zero attached hydrogens (tertiary/aromatic N) is 2. The summed E-state index contributed by atoms with van der Waals surface area (Å²) in [7, 11) is 0. The molecule has 0 bridgehead atoms. The topological polar surface area (TPSA) is 72.9 Å². The lowest BCUT2D eigenvalue weighted by Gasteiger charge is -2.40. The summed E-state index contributed by atoms with van der Waals surface area (Å²) in [6.07, 6.45) is 2.58. The van der Waals surface area contributed by atoms with Gasteiger partial charge in [-0.2, -0.15) is 0 Å². The van der Waals surface area contributed by atoms with Crippen molar-refractivity contribution in [1.29, 1.82) is 0 Å². The number of imide groups is 1. The predicted molar refractivity (Wildman–Crippen MR) is 135 cm³/mol. The van der Waals surface area contributed by atoms with Crippen LogP contribution >= 0.6 is 27.5 Å². The summed E-state index contributed by atoms with van der Waals surface area (Å²) in [6, 6.07) is 21.9. The zero-order chi connectivity index (χ0) is 23.8. The van der Waals surface area contributed by atoms with Crippen molar-refractivity contribution >= 4 is 50.7 Å². The van der Waals surface area contributed by atoms with E-state index in [2.05, 4.69) is 21.4 Å². The summed E-state index contributed by atoms with van der Waals surface area (Å²) in [5.74, 6) is -1.32. The molecule has 2 aliphatic heterocycles. The Kier molecular flexibility index (Phi) is 6.27. The van der Waals surface area contributed by atoms with E-state index in [-0.39, 0.29) is 11.8 Å². The molecule has 2 amide bonds. The first-order valence-electron chi connectivity index (χ1n) is 10.8. The van der Waals surface area contributed by atoms with Gasteiger partial charge >= 0.3 is 0 Å². The predicted octanol–water partition coefficient (Wildman–Crippen LogP) is 4.96. The Bertz CT molecular complexity index is 1230. The summed E-state index contributed by atoms with van der Waals surface area (Å²) in [5, 5.41) is 13.6. The van der Waals surface area contributed by atoms with E-state index in [1.807, 2.05) is 30.3 Å². The number of carbonyl (C=O) groups excluding carboxylic acids is 2. The van der Waals surface area contributed by atoms with Gasteiger partial charge in [-0.05, 0) is 54.1 Å². The molecule has 0 saturated carbocycles. The van der Waals surface area contributed by atoms with Crippen LogP contribution in [0.15, 0.2) is 95.5 Å². The minimum absolute atomic E-state index is 0.295. The van der Waals surface area contributed by atoms with Gasteiger partial charge in [-0.15, -0.1) is 0 Å². The van der Waals surface area contributed by atoms with E-state index in [9.17, 15) is 14.7 Å². The third-order valence-corrected chi connectivity index (χ3v) is 6.89. The molecule has 1 saturated heterocycles. The summed E-state index contributed by atoms with van der Waals surface area (Å²) in [4.78, 5) is 28.2. The van der Waals surface area contributed by atoms with Gasteiger partial charge < -0.3 is 10.5 Å². The van der Waals surface area contributed by atoms with Crippen molar-refractivity contribution in [2.24, 2.45) is 5.92 Å². The van der Waals surface area contributed by atoms with Crippen molar-refractivity contribution in [3.8, 4) is 0 Å². The Morgan fingerprint density at radius 1 is 0.882 bits per heavy atom. The van der Waals surface area contributed by atoms with Gasteiger partial charge in [0.25, 0.3) is 5.91 Å². The van der Waals surface area contributed by atoms with Crippen molar-refractivity contribution < 1.29 is 14.7 Å². The molecule has 0 spiro atoms. The average Bonchev–Trinajstić information content (AvgIpc) is 3.11. The average molecular weight is 539 g/mol. The van der Waals surface area contributed by atoms with Gasteiger partial charge in [0, 0.05) is 15.2 Å². The smallest absolute Gasteiger partial charge is 0.254 e. The molecular formula is C26H21BrClN3O3. The number of hydrazine groups is 1. The molecule has 0 aromatic heterocycles. The molecule has 6 nitrogen and oxygen atoms in total. The first kappa shape index (κ1) is 22.8. The van der Waals surface area contributed by atoms with Crippen LogP contribution in [0.25, 0.3) is 0 Å². The number of carbonyl (C=O) groups is 2. The molecule has 5 rings (SSSR count). The molecule has 0 aliphatic carbocycles. The lowest BCUT2D eigenvalue weighted by molar-refractivity contribution is -0.123. The van der Waals surface area contributed by atoms with E-state index in [4.69, 9.17) is 11.6 Å². The Labute approximate surface area is 210 Å². The number of anilines is 2.